The second kappa shape index (κ2) is 10.6. The third-order valence-corrected chi connectivity index (χ3v) is 6.75. The number of hydrogen-bond donors (Lipinski definition) is 0. The highest BCUT2D eigenvalue weighted by Crippen LogP contribution is 2.47. The average molecular weight is 408 g/mol. The Morgan fingerprint density at radius 3 is 1.63 bits per heavy atom. The van der Waals surface area contributed by atoms with E-state index in [1.807, 2.05) is 0 Å². The van der Waals surface area contributed by atoms with Crippen LogP contribution in [0.5, 0.6) is 0 Å². The van der Waals surface area contributed by atoms with Gasteiger partial charge in [-0.25, -0.2) is 0 Å². The van der Waals surface area contributed by atoms with Crippen LogP contribution in [0, 0.1) is 4.91 Å². The Morgan fingerprint density at radius 1 is 0.767 bits per heavy atom. The fourth-order valence-electron chi connectivity index (χ4n) is 5.08. The van der Waals surface area contributed by atoms with E-state index in [9.17, 15) is 4.91 Å². The van der Waals surface area contributed by atoms with Crippen molar-refractivity contribution in [1.82, 2.24) is 0 Å². The number of hydrogen-bond acceptors (Lipinski definition) is 4. The molecule has 4 heteroatoms. The Balaban J connectivity index is 1.86. The van der Waals surface area contributed by atoms with Crippen molar-refractivity contribution in [3.8, 4) is 0 Å². The summed E-state index contributed by atoms with van der Waals surface area (Å²) >= 11 is 0. The highest BCUT2D eigenvalue weighted by Gasteiger charge is 2.37. The molecule has 1 saturated carbocycles. The summed E-state index contributed by atoms with van der Waals surface area (Å²) < 4.78 is 0. The zero-order valence-electron chi connectivity index (χ0n) is 18.9. The largest absolute Gasteiger partial charge is 0.372 e. The van der Waals surface area contributed by atoms with Crippen molar-refractivity contribution < 1.29 is 0 Å². The standard InChI is InChI=1S/C26H37N3O/c1-4-20-28(5-2)24-13-9-22(10-14-24)26(17-7-8-18-26)23-11-15-25(16-12-23)29(6-3)21-19-27-30/h9-16H,4-8,17-21H2,1-3H3. The highest BCUT2D eigenvalue weighted by molar-refractivity contribution is 5.54. The molecule has 0 aliphatic heterocycles. The molecule has 3 rings (SSSR count). The van der Waals surface area contributed by atoms with Crippen molar-refractivity contribution in [3.63, 3.8) is 0 Å². The lowest BCUT2D eigenvalue weighted by atomic mass is 9.73. The number of likely N-dealkylation sites (N-methyl/N-ethyl adjacent to an activating group) is 1. The molecule has 0 radical (unpaired) electrons. The Hall–Kier alpha value is -2.36. The average Bonchev–Trinajstić information content (AvgIpc) is 3.30. The van der Waals surface area contributed by atoms with Gasteiger partial charge in [-0.15, -0.1) is 0 Å². The van der Waals surface area contributed by atoms with Crippen LogP contribution >= 0.6 is 0 Å². The van der Waals surface area contributed by atoms with E-state index in [4.69, 9.17) is 0 Å². The maximum Gasteiger partial charge on any atom is 0.0986 e. The molecule has 0 saturated heterocycles. The van der Waals surface area contributed by atoms with Gasteiger partial charge in [0.15, 0.2) is 0 Å². The molecule has 162 valence electrons. The lowest BCUT2D eigenvalue weighted by Gasteiger charge is -2.32. The molecule has 2 aromatic rings. The Kier molecular flexibility index (Phi) is 7.89. The van der Waals surface area contributed by atoms with Crippen LogP contribution in [0.1, 0.15) is 64.0 Å². The molecule has 30 heavy (non-hydrogen) atoms. The third-order valence-electron chi connectivity index (χ3n) is 6.75. The van der Waals surface area contributed by atoms with E-state index in [1.54, 1.807) is 0 Å². The SMILES string of the molecule is CCCN(CC)c1ccc(C2(c3ccc(N(CC)CCN=O)cc3)CCCC2)cc1. The Bertz CT molecular complexity index is 779. The van der Waals surface area contributed by atoms with E-state index in [-0.39, 0.29) is 5.41 Å². The van der Waals surface area contributed by atoms with Crippen molar-refractivity contribution in [2.24, 2.45) is 5.18 Å². The van der Waals surface area contributed by atoms with Crippen molar-refractivity contribution in [1.29, 1.82) is 0 Å². The van der Waals surface area contributed by atoms with Crippen LogP contribution < -0.4 is 9.80 Å². The fraction of sp³-hybridized carbons (Fsp3) is 0.538. The molecule has 1 aliphatic rings. The number of benzene rings is 2. The zero-order valence-corrected chi connectivity index (χ0v) is 18.9. The smallest absolute Gasteiger partial charge is 0.0986 e. The summed E-state index contributed by atoms with van der Waals surface area (Å²) in [4.78, 5) is 15.2. The monoisotopic (exact) mass is 407 g/mol. The first-order valence-electron chi connectivity index (χ1n) is 11.7. The molecule has 0 heterocycles. The van der Waals surface area contributed by atoms with Crippen molar-refractivity contribution in [2.45, 2.75) is 58.3 Å². The second-order valence-corrected chi connectivity index (χ2v) is 8.40. The van der Waals surface area contributed by atoms with Crippen LogP contribution in [0.3, 0.4) is 0 Å². The molecule has 4 nitrogen and oxygen atoms in total. The van der Waals surface area contributed by atoms with Crippen LogP contribution in [-0.2, 0) is 5.41 Å². The molecule has 0 aromatic heterocycles. The van der Waals surface area contributed by atoms with Gasteiger partial charge >= 0.3 is 0 Å². The van der Waals surface area contributed by atoms with E-state index < -0.39 is 0 Å². The predicted octanol–water partition coefficient (Wildman–Crippen LogP) is 6.38. The van der Waals surface area contributed by atoms with Gasteiger partial charge in [-0.1, -0.05) is 49.2 Å². The van der Waals surface area contributed by atoms with Crippen LogP contribution in [0.4, 0.5) is 11.4 Å². The van der Waals surface area contributed by atoms with Gasteiger partial charge in [0.25, 0.3) is 0 Å². The minimum atomic E-state index is 0.125. The lowest BCUT2D eigenvalue weighted by Crippen LogP contribution is -2.27. The van der Waals surface area contributed by atoms with Gasteiger partial charge in [0, 0.05) is 43.0 Å². The number of nitrogens with zero attached hydrogens (tertiary/aromatic N) is 3. The summed E-state index contributed by atoms with van der Waals surface area (Å²) in [5, 5.41) is 3.02. The maximum absolute atomic E-state index is 10.5. The first kappa shape index (κ1) is 22.3. The van der Waals surface area contributed by atoms with Crippen molar-refractivity contribution >= 4 is 11.4 Å². The maximum atomic E-state index is 10.5. The lowest BCUT2D eigenvalue weighted by molar-refractivity contribution is 0.535. The molecule has 0 amide bonds. The predicted molar refractivity (Wildman–Crippen MR) is 129 cm³/mol. The summed E-state index contributed by atoms with van der Waals surface area (Å²) in [5.74, 6) is 0. The van der Waals surface area contributed by atoms with Crippen LogP contribution in [0.25, 0.3) is 0 Å². The second-order valence-electron chi connectivity index (χ2n) is 8.40. The van der Waals surface area contributed by atoms with E-state index >= 15 is 0 Å². The summed E-state index contributed by atoms with van der Waals surface area (Å²) in [6.45, 7) is 10.6. The normalized spacial score (nSPS) is 15.2. The van der Waals surface area contributed by atoms with E-state index in [0.717, 1.165) is 19.6 Å². The van der Waals surface area contributed by atoms with Gasteiger partial charge < -0.3 is 9.80 Å². The highest BCUT2D eigenvalue weighted by atomic mass is 16.3. The molecule has 0 bridgehead atoms. The van der Waals surface area contributed by atoms with Crippen LogP contribution in [-0.4, -0.2) is 32.7 Å². The molecule has 2 aromatic carbocycles. The summed E-state index contributed by atoms with van der Waals surface area (Å²) in [5.41, 5.74) is 5.49. The van der Waals surface area contributed by atoms with Crippen LogP contribution in [0.15, 0.2) is 53.7 Å². The molecule has 0 spiro atoms. The molecule has 1 fully saturated rings. The minimum absolute atomic E-state index is 0.125. The molecule has 1 aliphatic carbocycles. The fourth-order valence-corrected chi connectivity index (χ4v) is 5.08. The van der Waals surface area contributed by atoms with E-state index in [2.05, 4.69) is 84.3 Å². The van der Waals surface area contributed by atoms with E-state index in [0.29, 0.717) is 13.1 Å². The minimum Gasteiger partial charge on any atom is -0.372 e. The Labute approximate surface area is 182 Å². The molecule has 0 atom stereocenters. The molecular weight excluding hydrogens is 370 g/mol. The molecule has 0 unspecified atom stereocenters. The van der Waals surface area contributed by atoms with Gasteiger partial charge in [-0.2, -0.15) is 4.91 Å². The molecule has 0 N–H and O–H groups in total. The summed E-state index contributed by atoms with van der Waals surface area (Å²) in [7, 11) is 0. The zero-order chi connectivity index (χ0) is 21.4. The van der Waals surface area contributed by atoms with Crippen molar-refractivity contribution in [2.75, 3.05) is 42.5 Å². The van der Waals surface area contributed by atoms with Gasteiger partial charge in [0.2, 0.25) is 0 Å². The quantitative estimate of drug-likeness (QED) is 0.406. The number of anilines is 2. The third kappa shape index (κ3) is 4.69. The van der Waals surface area contributed by atoms with Gasteiger partial charge in [0.05, 0.1) is 6.54 Å². The number of nitroso groups, excluding NO2 is 1. The van der Waals surface area contributed by atoms with Gasteiger partial charge in [-0.05, 0) is 68.5 Å². The Morgan fingerprint density at radius 2 is 1.23 bits per heavy atom. The summed E-state index contributed by atoms with van der Waals surface area (Å²) in [6, 6.07) is 18.4. The van der Waals surface area contributed by atoms with Gasteiger partial charge in [0.1, 0.15) is 0 Å². The first-order valence-corrected chi connectivity index (χ1v) is 11.7. The molecular formula is C26H37N3O. The summed E-state index contributed by atoms with van der Waals surface area (Å²) in [6.07, 6.45) is 6.16. The van der Waals surface area contributed by atoms with E-state index in [1.165, 1.54) is 54.6 Å². The van der Waals surface area contributed by atoms with Crippen molar-refractivity contribution in [3.05, 3.63) is 64.6 Å². The van der Waals surface area contributed by atoms with Gasteiger partial charge in [-0.3, -0.25) is 0 Å². The first-order chi connectivity index (χ1) is 14.7. The topological polar surface area (TPSA) is 35.9 Å². The number of rotatable bonds is 11. The van der Waals surface area contributed by atoms with Crippen LogP contribution in [0.2, 0.25) is 0 Å².